The first kappa shape index (κ1) is 21.2. The van der Waals surface area contributed by atoms with Crippen LogP contribution in [0.3, 0.4) is 0 Å². The van der Waals surface area contributed by atoms with Crippen molar-refractivity contribution in [1.29, 1.82) is 0 Å². The van der Waals surface area contributed by atoms with E-state index in [1.807, 2.05) is 0 Å². The summed E-state index contributed by atoms with van der Waals surface area (Å²) in [5.74, 6) is -2.11. The second kappa shape index (κ2) is 10.2. The van der Waals surface area contributed by atoms with Crippen LogP contribution in [-0.2, 0) is 30.3 Å². The Labute approximate surface area is 152 Å². The minimum absolute atomic E-state index is 0.00155. The van der Waals surface area contributed by atoms with E-state index < -0.39 is 17.9 Å². The molecule has 0 saturated heterocycles. The fourth-order valence-electron chi connectivity index (χ4n) is 2.31. The van der Waals surface area contributed by atoms with E-state index >= 15 is 0 Å². The van der Waals surface area contributed by atoms with Gasteiger partial charge in [0.2, 0.25) is 0 Å². The molecule has 0 bridgehead atoms. The summed E-state index contributed by atoms with van der Waals surface area (Å²) in [7, 11) is 1.27. The number of carboxylic acid groups (broad SMARTS) is 1. The Morgan fingerprint density at radius 2 is 1.73 bits per heavy atom. The molecule has 0 aliphatic rings. The lowest BCUT2D eigenvalue weighted by molar-refractivity contribution is -0.143. The highest BCUT2D eigenvalue weighted by Gasteiger charge is 2.24. The molecule has 1 aromatic rings. The highest BCUT2D eigenvalue weighted by molar-refractivity contribution is 6.00. The molecule has 0 spiro atoms. The van der Waals surface area contributed by atoms with Crippen LogP contribution in [0.15, 0.2) is 35.4 Å². The maximum Gasteiger partial charge on any atom is 0.343 e. The Kier molecular flexibility index (Phi) is 8.34. The van der Waals surface area contributed by atoms with Gasteiger partial charge in [0.15, 0.2) is 6.61 Å². The summed E-state index contributed by atoms with van der Waals surface area (Å²) in [4.78, 5) is 34.9. The van der Waals surface area contributed by atoms with E-state index in [1.54, 1.807) is 45.0 Å². The first-order valence-corrected chi connectivity index (χ1v) is 8.22. The second-order valence-corrected chi connectivity index (χ2v) is 5.76. The molecule has 0 aliphatic carbocycles. The molecule has 1 rings (SSSR count). The topological polar surface area (TPSA) is 99.1 Å². The van der Waals surface area contributed by atoms with Crippen molar-refractivity contribution in [2.75, 3.05) is 20.3 Å². The van der Waals surface area contributed by atoms with Crippen molar-refractivity contribution in [1.82, 2.24) is 0 Å². The number of esters is 2. The van der Waals surface area contributed by atoms with Gasteiger partial charge in [-0.1, -0.05) is 26.0 Å². The number of ether oxygens (including phenoxy) is 3. The monoisotopic (exact) mass is 364 g/mol. The summed E-state index contributed by atoms with van der Waals surface area (Å²) < 4.78 is 14.7. The Balaban J connectivity index is 3.03. The summed E-state index contributed by atoms with van der Waals surface area (Å²) in [5.41, 5.74) is 0.849. The molecule has 0 aliphatic heterocycles. The van der Waals surface area contributed by atoms with Crippen LogP contribution in [0.1, 0.15) is 26.3 Å². The predicted octanol–water partition coefficient (Wildman–Crippen LogP) is 2.38. The van der Waals surface area contributed by atoms with E-state index in [1.165, 1.54) is 7.11 Å². The molecule has 26 heavy (non-hydrogen) atoms. The molecule has 7 heteroatoms. The average molecular weight is 364 g/mol. The van der Waals surface area contributed by atoms with Gasteiger partial charge in [0.05, 0.1) is 24.9 Å². The van der Waals surface area contributed by atoms with E-state index in [4.69, 9.17) is 9.47 Å². The molecule has 0 aromatic heterocycles. The molecule has 1 N–H and O–H groups in total. The normalized spacial score (nSPS) is 11.6. The number of hydrogen-bond acceptors (Lipinski definition) is 6. The maximum atomic E-state index is 12.1. The number of aliphatic carboxylic acids is 1. The van der Waals surface area contributed by atoms with Crippen molar-refractivity contribution in [2.24, 2.45) is 5.92 Å². The van der Waals surface area contributed by atoms with Crippen LogP contribution in [0.4, 0.5) is 0 Å². The zero-order chi connectivity index (χ0) is 19.7. The standard InChI is InChI=1S/C19H24O7/c1-5-25-19(23)17(12(2)3)15(18(21)22)10-13-6-8-14(9-7-13)26-11-16(20)24-4/h6-9,12H,5,10-11H2,1-4H3,(H,21,22). The molecule has 7 nitrogen and oxygen atoms in total. The largest absolute Gasteiger partial charge is 0.482 e. The minimum Gasteiger partial charge on any atom is -0.482 e. The fraction of sp³-hybridized carbons (Fsp3) is 0.421. The van der Waals surface area contributed by atoms with Crippen LogP contribution in [0.2, 0.25) is 0 Å². The van der Waals surface area contributed by atoms with E-state index in [-0.39, 0.29) is 36.7 Å². The summed E-state index contributed by atoms with van der Waals surface area (Å²) in [6, 6.07) is 6.60. The van der Waals surface area contributed by atoms with Crippen LogP contribution in [-0.4, -0.2) is 43.3 Å². The molecule has 142 valence electrons. The summed E-state index contributed by atoms with van der Waals surface area (Å²) in [5, 5.41) is 9.56. The maximum absolute atomic E-state index is 12.1. The van der Waals surface area contributed by atoms with Crippen molar-refractivity contribution < 1.29 is 33.7 Å². The van der Waals surface area contributed by atoms with Crippen molar-refractivity contribution >= 4 is 17.9 Å². The molecule has 1 aromatic carbocycles. The number of carbonyl (C=O) groups is 3. The number of carbonyl (C=O) groups excluding carboxylic acids is 2. The Morgan fingerprint density at radius 3 is 2.19 bits per heavy atom. The van der Waals surface area contributed by atoms with Crippen LogP contribution in [0.5, 0.6) is 5.75 Å². The molecular weight excluding hydrogens is 340 g/mol. The van der Waals surface area contributed by atoms with Crippen LogP contribution in [0.25, 0.3) is 0 Å². The van der Waals surface area contributed by atoms with Gasteiger partial charge in [-0.05, 0) is 30.5 Å². The van der Waals surface area contributed by atoms with E-state index in [9.17, 15) is 19.5 Å². The lowest BCUT2D eigenvalue weighted by atomic mass is 9.93. The third kappa shape index (κ3) is 6.23. The Hall–Kier alpha value is -2.83. The molecule has 0 heterocycles. The van der Waals surface area contributed by atoms with Gasteiger partial charge in [-0.15, -0.1) is 0 Å². The van der Waals surface area contributed by atoms with E-state index in [2.05, 4.69) is 4.74 Å². The minimum atomic E-state index is -1.16. The number of methoxy groups -OCH3 is 1. The van der Waals surface area contributed by atoms with Crippen molar-refractivity contribution in [2.45, 2.75) is 27.2 Å². The Morgan fingerprint density at radius 1 is 1.12 bits per heavy atom. The van der Waals surface area contributed by atoms with Crippen LogP contribution >= 0.6 is 0 Å². The van der Waals surface area contributed by atoms with E-state index in [0.29, 0.717) is 11.3 Å². The number of carboxylic acids is 1. The van der Waals surface area contributed by atoms with Gasteiger partial charge >= 0.3 is 17.9 Å². The zero-order valence-corrected chi connectivity index (χ0v) is 15.4. The molecular formula is C19H24O7. The Bertz CT molecular complexity index is 672. The summed E-state index contributed by atoms with van der Waals surface area (Å²) in [6.45, 7) is 5.13. The summed E-state index contributed by atoms with van der Waals surface area (Å²) in [6.07, 6.45) is 0.0684. The van der Waals surface area contributed by atoms with Gasteiger partial charge in [0.1, 0.15) is 5.75 Å². The quantitative estimate of drug-likeness (QED) is 0.530. The van der Waals surface area contributed by atoms with Crippen molar-refractivity contribution in [3.8, 4) is 5.75 Å². The average Bonchev–Trinajstić information content (AvgIpc) is 2.59. The fourth-order valence-corrected chi connectivity index (χ4v) is 2.31. The van der Waals surface area contributed by atoms with Gasteiger partial charge in [-0.3, -0.25) is 0 Å². The molecule has 0 saturated carbocycles. The molecule has 0 atom stereocenters. The first-order valence-electron chi connectivity index (χ1n) is 8.22. The summed E-state index contributed by atoms with van der Waals surface area (Å²) >= 11 is 0. The molecule has 0 unspecified atom stereocenters. The van der Waals surface area contributed by atoms with Gasteiger partial charge in [-0.2, -0.15) is 0 Å². The SMILES string of the molecule is CCOC(=O)C(=C(Cc1ccc(OCC(=O)OC)cc1)C(=O)O)C(C)C. The van der Waals surface area contributed by atoms with Gasteiger partial charge in [-0.25, -0.2) is 14.4 Å². The number of hydrogen-bond donors (Lipinski definition) is 1. The highest BCUT2D eigenvalue weighted by Crippen LogP contribution is 2.22. The van der Waals surface area contributed by atoms with E-state index in [0.717, 1.165) is 0 Å². The third-order valence-electron chi connectivity index (χ3n) is 3.54. The molecule has 0 radical (unpaired) electrons. The smallest absolute Gasteiger partial charge is 0.343 e. The molecule has 0 fully saturated rings. The van der Waals surface area contributed by atoms with Crippen LogP contribution < -0.4 is 4.74 Å². The van der Waals surface area contributed by atoms with Crippen LogP contribution in [0, 0.1) is 5.92 Å². The van der Waals surface area contributed by atoms with Crippen molar-refractivity contribution in [3.05, 3.63) is 41.0 Å². The van der Waals surface area contributed by atoms with Gasteiger partial charge < -0.3 is 19.3 Å². The number of rotatable bonds is 9. The van der Waals surface area contributed by atoms with Gasteiger partial charge in [0.25, 0.3) is 0 Å². The highest BCUT2D eigenvalue weighted by atomic mass is 16.6. The lowest BCUT2D eigenvalue weighted by Crippen LogP contribution is -2.19. The van der Waals surface area contributed by atoms with Crippen molar-refractivity contribution in [3.63, 3.8) is 0 Å². The third-order valence-corrected chi connectivity index (χ3v) is 3.54. The zero-order valence-electron chi connectivity index (χ0n) is 15.4. The van der Waals surface area contributed by atoms with Gasteiger partial charge in [0, 0.05) is 6.42 Å². The second-order valence-electron chi connectivity index (χ2n) is 5.76. The lowest BCUT2D eigenvalue weighted by Gasteiger charge is -2.15. The molecule has 0 amide bonds. The predicted molar refractivity (Wildman–Crippen MR) is 93.8 cm³/mol. The number of benzene rings is 1. The first-order chi connectivity index (χ1) is 12.3.